The predicted molar refractivity (Wildman–Crippen MR) is 55.8 cm³/mol. The average Bonchev–Trinajstić information content (AvgIpc) is 2.14. The van der Waals surface area contributed by atoms with E-state index in [1.165, 1.54) is 24.3 Å². The average molecular weight is 295 g/mol. The van der Waals surface area contributed by atoms with Gasteiger partial charge < -0.3 is 5.11 Å². The number of carboxylic acids is 1. The van der Waals surface area contributed by atoms with Crippen LogP contribution in [0, 0.1) is 0 Å². The van der Waals surface area contributed by atoms with Gasteiger partial charge in [-0.25, -0.2) is 4.79 Å². The number of rotatable bonds is 2. The fourth-order valence-corrected chi connectivity index (χ4v) is 1.25. The smallest absolute Gasteiger partial charge is 0.423 e. The summed E-state index contributed by atoms with van der Waals surface area (Å²) in [5, 5.41) is 8.43. The molecular formula is C10H6BrF3O2. The number of benzene rings is 1. The molecule has 1 aromatic rings. The minimum absolute atomic E-state index is 0.179. The van der Waals surface area contributed by atoms with E-state index >= 15 is 0 Å². The highest BCUT2D eigenvalue weighted by Gasteiger charge is 2.38. The summed E-state index contributed by atoms with van der Waals surface area (Å²) in [7, 11) is 0. The van der Waals surface area contributed by atoms with Crippen LogP contribution in [0.4, 0.5) is 13.2 Å². The molecule has 0 aliphatic rings. The molecule has 0 bridgehead atoms. The number of alkyl halides is 3. The molecule has 0 atom stereocenters. The second-order valence-electron chi connectivity index (χ2n) is 2.91. The van der Waals surface area contributed by atoms with Crippen LogP contribution in [0.1, 0.15) is 5.56 Å². The van der Waals surface area contributed by atoms with Crippen molar-refractivity contribution in [3.8, 4) is 0 Å². The highest BCUT2D eigenvalue weighted by molar-refractivity contribution is 9.10. The van der Waals surface area contributed by atoms with Gasteiger partial charge in [0, 0.05) is 4.47 Å². The molecule has 0 aliphatic heterocycles. The van der Waals surface area contributed by atoms with Crippen LogP contribution < -0.4 is 0 Å². The largest absolute Gasteiger partial charge is 0.478 e. The molecule has 0 fully saturated rings. The van der Waals surface area contributed by atoms with Crippen molar-refractivity contribution in [2.45, 2.75) is 6.18 Å². The second kappa shape index (κ2) is 4.69. The lowest BCUT2D eigenvalue weighted by atomic mass is 10.1. The Bertz CT molecular complexity index is 421. The topological polar surface area (TPSA) is 37.3 Å². The van der Waals surface area contributed by atoms with Crippen molar-refractivity contribution in [2.24, 2.45) is 0 Å². The molecule has 16 heavy (non-hydrogen) atoms. The standard InChI is InChI=1S/C10H6BrF3O2/c11-7-3-1-6(2-4-7)5-8(9(15)16)10(12,13)14/h1-5H,(H,15,16)/b8-5+. The molecule has 0 saturated carbocycles. The molecule has 1 rings (SSSR count). The first-order valence-corrected chi connectivity index (χ1v) is 4.88. The summed E-state index contributed by atoms with van der Waals surface area (Å²) in [6.45, 7) is 0. The van der Waals surface area contributed by atoms with E-state index in [4.69, 9.17) is 5.11 Å². The number of carbonyl (C=O) groups is 1. The van der Waals surface area contributed by atoms with Crippen molar-refractivity contribution >= 4 is 28.0 Å². The fourth-order valence-electron chi connectivity index (χ4n) is 0.990. The van der Waals surface area contributed by atoms with Crippen LogP contribution in [-0.2, 0) is 4.79 Å². The van der Waals surface area contributed by atoms with Gasteiger partial charge in [-0.3, -0.25) is 0 Å². The quantitative estimate of drug-likeness (QED) is 0.848. The third-order valence-corrected chi connectivity index (χ3v) is 2.25. The van der Waals surface area contributed by atoms with Crippen LogP contribution in [0.15, 0.2) is 34.3 Å². The molecule has 6 heteroatoms. The normalized spacial score (nSPS) is 12.6. The van der Waals surface area contributed by atoms with Gasteiger partial charge in [-0.15, -0.1) is 0 Å². The van der Waals surface area contributed by atoms with E-state index in [1.54, 1.807) is 0 Å². The number of hydrogen-bond acceptors (Lipinski definition) is 1. The first-order valence-electron chi connectivity index (χ1n) is 4.08. The van der Waals surface area contributed by atoms with Crippen LogP contribution in [0.5, 0.6) is 0 Å². The van der Waals surface area contributed by atoms with Gasteiger partial charge >= 0.3 is 12.1 Å². The summed E-state index contributed by atoms with van der Waals surface area (Å²) in [5.74, 6) is -1.99. The van der Waals surface area contributed by atoms with E-state index in [0.717, 1.165) is 0 Å². The third kappa shape index (κ3) is 3.37. The highest BCUT2D eigenvalue weighted by atomic mass is 79.9. The van der Waals surface area contributed by atoms with Crippen LogP contribution in [0.25, 0.3) is 6.08 Å². The van der Waals surface area contributed by atoms with Crippen LogP contribution in [0.2, 0.25) is 0 Å². The molecule has 0 saturated heterocycles. The monoisotopic (exact) mass is 294 g/mol. The summed E-state index contributed by atoms with van der Waals surface area (Å²) in [5.41, 5.74) is -1.41. The van der Waals surface area contributed by atoms with Gasteiger partial charge in [0.1, 0.15) is 5.57 Å². The molecule has 1 N–H and O–H groups in total. The lowest BCUT2D eigenvalue weighted by Crippen LogP contribution is -2.19. The van der Waals surface area contributed by atoms with Crippen molar-refractivity contribution in [1.29, 1.82) is 0 Å². The zero-order chi connectivity index (χ0) is 12.3. The van der Waals surface area contributed by atoms with Crippen molar-refractivity contribution in [3.63, 3.8) is 0 Å². The molecule has 0 aliphatic carbocycles. The molecule has 1 aromatic carbocycles. The molecule has 0 amide bonds. The van der Waals surface area contributed by atoms with Crippen LogP contribution in [-0.4, -0.2) is 17.3 Å². The van der Waals surface area contributed by atoms with Gasteiger partial charge in [-0.1, -0.05) is 28.1 Å². The molecular weight excluding hydrogens is 289 g/mol. The van der Waals surface area contributed by atoms with Crippen molar-refractivity contribution < 1.29 is 23.1 Å². The van der Waals surface area contributed by atoms with Gasteiger partial charge in [-0.05, 0) is 23.8 Å². The zero-order valence-corrected chi connectivity index (χ0v) is 9.34. The lowest BCUT2D eigenvalue weighted by Gasteiger charge is -2.06. The van der Waals surface area contributed by atoms with Gasteiger partial charge in [0.15, 0.2) is 0 Å². The SMILES string of the molecule is O=C(O)/C(=C\c1ccc(Br)cc1)C(F)(F)F. The van der Waals surface area contributed by atoms with Gasteiger partial charge in [0.05, 0.1) is 0 Å². The van der Waals surface area contributed by atoms with Crippen molar-refractivity contribution in [1.82, 2.24) is 0 Å². The van der Waals surface area contributed by atoms with Crippen LogP contribution in [0.3, 0.4) is 0 Å². The highest BCUT2D eigenvalue weighted by Crippen LogP contribution is 2.27. The maximum Gasteiger partial charge on any atom is 0.423 e. The Morgan fingerprint density at radius 2 is 1.75 bits per heavy atom. The number of halogens is 4. The summed E-state index contributed by atoms with van der Waals surface area (Å²) >= 11 is 3.12. The minimum atomic E-state index is -4.86. The third-order valence-electron chi connectivity index (χ3n) is 1.72. The van der Waals surface area contributed by atoms with Crippen molar-refractivity contribution in [2.75, 3.05) is 0 Å². The zero-order valence-electron chi connectivity index (χ0n) is 7.75. The van der Waals surface area contributed by atoms with Gasteiger partial charge in [0.25, 0.3) is 0 Å². The maximum atomic E-state index is 12.3. The summed E-state index contributed by atoms with van der Waals surface area (Å²) in [6.07, 6.45) is -4.27. The second-order valence-corrected chi connectivity index (χ2v) is 3.83. The molecule has 2 nitrogen and oxygen atoms in total. The van der Waals surface area contributed by atoms with E-state index in [9.17, 15) is 18.0 Å². The van der Waals surface area contributed by atoms with Crippen LogP contribution >= 0.6 is 15.9 Å². The van der Waals surface area contributed by atoms with E-state index in [0.29, 0.717) is 10.5 Å². The van der Waals surface area contributed by atoms with E-state index < -0.39 is 17.7 Å². The van der Waals surface area contributed by atoms with E-state index in [1.807, 2.05) is 0 Å². The number of hydrogen-bond donors (Lipinski definition) is 1. The Balaban J connectivity index is 3.13. The van der Waals surface area contributed by atoms with E-state index in [-0.39, 0.29) is 5.56 Å². The maximum absolute atomic E-state index is 12.3. The summed E-state index contributed by atoms with van der Waals surface area (Å²) < 4.78 is 37.5. The molecule has 0 spiro atoms. The Labute approximate surface area is 97.5 Å². The number of carboxylic acid groups (broad SMARTS) is 1. The summed E-state index contributed by atoms with van der Waals surface area (Å²) in [6, 6.07) is 5.83. The summed E-state index contributed by atoms with van der Waals surface area (Å²) in [4.78, 5) is 10.4. The first kappa shape index (κ1) is 12.8. The molecule has 0 heterocycles. The minimum Gasteiger partial charge on any atom is -0.478 e. The Morgan fingerprint density at radius 3 is 2.12 bits per heavy atom. The van der Waals surface area contributed by atoms with E-state index in [2.05, 4.69) is 15.9 Å². The predicted octanol–water partition coefficient (Wildman–Crippen LogP) is 3.48. The van der Waals surface area contributed by atoms with Gasteiger partial charge in [0.2, 0.25) is 0 Å². The molecule has 86 valence electrons. The molecule has 0 radical (unpaired) electrons. The van der Waals surface area contributed by atoms with Gasteiger partial charge in [-0.2, -0.15) is 13.2 Å². The Kier molecular flexibility index (Phi) is 3.74. The number of aliphatic carboxylic acids is 1. The Morgan fingerprint density at radius 1 is 1.25 bits per heavy atom. The molecule has 0 aromatic heterocycles. The molecule has 0 unspecified atom stereocenters. The van der Waals surface area contributed by atoms with Crippen molar-refractivity contribution in [3.05, 3.63) is 39.9 Å². The first-order chi connectivity index (χ1) is 7.30. The Hall–Kier alpha value is -1.30. The lowest BCUT2D eigenvalue weighted by molar-refractivity contribution is -0.144. The fraction of sp³-hybridized carbons (Fsp3) is 0.100.